The van der Waals surface area contributed by atoms with E-state index in [4.69, 9.17) is 4.74 Å². The zero-order chi connectivity index (χ0) is 12.3. The number of hydrogen-bond donors (Lipinski definition) is 0. The zero-order valence-electron chi connectivity index (χ0n) is 11.3. The van der Waals surface area contributed by atoms with Gasteiger partial charge in [-0.1, -0.05) is 41.5 Å². The van der Waals surface area contributed by atoms with Gasteiger partial charge in [-0.05, 0) is 17.8 Å². The van der Waals surface area contributed by atoms with Crippen LogP contribution in [0.2, 0.25) is 0 Å². The van der Waals surface area contributed by atoms with Crippen molar-refractivity contribution in [1.29, 1.82) is 0 Å². The Bertz CT molecular complexity index is 206. The van der Waals surface area contributed by atoms with E-state index in [-0.39, 0.29) is 22.7 Å². The van der Waals surface area contributed by atoms with Crippen LogP contribution in [0.1, 0.15) is 54.9 Å². The largest absolute Gasteiger partial charge is 0.377 e. The lowest BCUT2D eigenvalue weighted by Gasteiger charge is -2.32. The van der Waals surface area contributed by atoms with E-state index in [0.717, 1.165) is 0 Å². The second-order valence-electron chi connectivity index (χ2n) is 6.63. The normalized spacial score (nSPS) is 15.1. The maximum Gasteiger partial charge on any atom is 0.132 e. The van der Waals surface area contributed by atoms with Crippen LogP contribution >= 0.6 is 0 Å². The molecule has 0 aliphatic rings. The third-order valence-corrected chi connectivity index (χ3v) is 2.16. The molecule has 0 aromatic rings. The molecule has 0 aliphatic heterocycles. The summed E-state index contributed by atoms with van der Waals surface area (Å²) in [6, 6.07) is 0. The Balaban J connectivity index is 4.33. The molecule has 0 spiro atoms. The fraction of sp³-hybridized carbons (Fsp3) is 0.923. The van der Waals surface area contributed by atoms with E-state index < -0.39 is 0 Å². The van der Waals surface area contributed by atoms with Gasteiger partial charge < -0.3 is 4.74 Å². The zero-order valence-corrected chi connectivity index (χ0v) is 11.3. The van der Waals surface area contributed by atoms with Crippen LogP contribution in [0, 0.1) is 10.8 Å². The summed E-state index contributed by atoms with van der Waals surface area (Å²) in [4.78, 5) is 11.1. The first kappa shape index (κ1) is 14.6. The van der Waals surface area contributed by atoms with E-state index in [1.54, 1.807) is 6.92 Å². The first-order chi connectivity index (χ1) is 6.52. The van der Waals surface area contributed by atoms with E-state index in [9.17, 15) is 4.79 Å². The lowest BCUT2D eigenvalue weighted by atomic mass is 9.86. The van der Waals surface area contributed by atoms with Crippen LogP contribution in [0.25, 0.3) is 0 Å². The van der Waals surface area contributed by atoms with Crippen LogP contribution in [0.4, 0.5) is 0 Å². The third-order valence-electron chi connectivity index (χ3n) is 2.16. The molecule has 0 saturated heterocycles. The van der Waals surface area contributed by atoms with E-state index >= 15 is 0 Å². The molecule has 2 nitrogen and oxygen atoms in total. The van der Waals surface area contributed by atoms with Crippen molar-refractivity contribution < 1.29 is 9.53 Å². The van der Waals surface area contributed by atoms with Gasteiger partial charge in [0.1, 0.15) is 5.78 Å². The van der Waals surface area contributed by atoms with Crippen LogP contribution in [0.15, 0.2) is 0 Å². The Morgan fingerprint density at radius 1 is 1.13 bits per heavy atom. The predicted octanol–water partition coefficient (Wildman–Crippen LogP) is 3.44. The van der Waals surface area contributed by atoms with E-state index in [1.165, 1.54) is 0 Å². The number of Topliss-reactive ketones (excluding diaryl/α,β-unsaturated/α-hetero) is 1. The number of carbonyl (C=O) groups excluding carboxylic acids is 1. The van der Waals surface area contributed by atoms with Crippen LogP contribution in [0.3, 0.4) is 0 Å². The summed E-state index contributed by atoms with van der Waals surface area (Å²) in [6.45, 7) is 15.1. The van der Waals surface area contributed by atoms with Gasteiger partial charge in [-0.2, -0.15) is 0 Å². The van der Waals surface area contributed by atoms with E-state index in [1.807, 2.05) is 0 Å². The van der Waals surface area contributed by atoms with Gasteiger partial charge in [0.25, 0.3) is 0 Å². The minimum Gasteiger partial charge on any atom is -0.377 e. The summed E-state index contributed by atoms with van der Waals surface area (Å²) in [5, 5.41) is 0. The van der Waals surface area contributed by atoms with Crippen molar-refractivity contribution in [1.82, 2.24) is 0 Å². The molecule has 0 aromatic carbocycles. The van der Waals surface area contributed by atoms with Gasteiger partial charge in [-0.15, -0.1) is 0 Å². The van der Waals surface area contributed by atoms with Crippen molar-refractivity contribution in [2.24, 2.45) is 10.8 Å². The molecule has 90 valence electrons. The Labute approximate surface area is 94.4 Å². The Morgan fingerprint density at radius 3 is 1.87 bits per heavy atom. The van der Waals surface area contributed by atoms with Gasteiger partial charge >= 0.3 is 0 Å². The van der Waals surface area contributed by atoms with Crippen molar-refractivity contribution >= 4 is 5.78 Å². The minimum absolute atomic E-state index is 0.0224. The van der Waals surface area contributed by atoms with Crippen molar-refractivity contribution in [2.45, 2.75) is 61.0 Å². The number of carbonyl (C=O) groups is 1. The maximum atomic E-state index is 11.1. The van der Waals surface area contributed by atoms with Gasteiger partial charge in [0, 0.05) is 6.42 Å². The second-order valence-corrected chi connectivity index (χ2v) is 6.63. The Kier molecular flexibility index (Phi) is 4.98. The molecule has 0 aliphatic carbocycles. The summed E-state index contributed by atoms with van der Waals surface area (Å²) in [5.74, 6) is 0.198. The van der Waals surface area contributed by atoms with Gasteiger partial charge in [0.05, 0.1) is 12.7 Å². The number of rotatable bonds is 4. The summed E-state index contributed by atoms with van der Waals surface area (Å²) < 4.78 is 5.86. The molecule has 0 rings (SSSR count). The molecule has 0 heterocycles. The highest BCUT2D eigenvalue weighted by atomic mass is 16.5. The SMILES string of the molecule is CC(=O)CC(OCC(C)(C)C)C(C)(C)C. The van der Waals surface area contributed by atoms with Crippen molar-refractivity contribution in [3.8, 4) is 0 Å². The van der Waals surface area contributed by atoms with Gasteiger partial charge in [0.15, 0.2) is 0 Å². The van der Waals surface area contributed by atoms with Crippen molar-refractivity contribution in [3.05, 3.63) is 0 Å². The fourth-order valence-electron chi connectivity index (χ4n) is 1.23. The standard InChI is InChI=1S/C13H26O2/c1-10(14)8-11(13(5,6)7)15-9-12(2,3)4/h11H,8-9H2,1-7H3. The molecule has 0 aromatic heterocycles. The summed E-state index contributed by atoms with van der Waals surface area (Å²) in [6.07, 6.45) is 0.536. The fourth-order valence-corrected chi connectivity index (χ4v) is 1.23. The highest BCUT2D eigenvalue weighted by Gasteiger charge is 2.28. The molecular weight excluding hydrogens is 188 g/mol. The van der Waals surface area contributed by atoms with Gasteiger partial charge in [-0.3, -0.25) is 4.79 Å². The predicted molar refractivity (Wildman–Crippen MR) is 63.9 cm³/mol. The molecule has 0 N–H and O–H groups in total. The van der Waals surface area contributed by atoms with Crippen molar-refractivity contribution in [2.75, 3.05) is 6.61 Å². The van der Waals surface area contributed by atoms with Crippen LogP contribution < -0.4 is 0 Å². The Hall–Kier alpha value is -0.370. The molecule has 0 fully saturated rings. The molecule has 1 unspecified atom stereocenters. The van der Waals surface area contributed by atoms with Crippen LogP contribution in [0.5, 0.6) is 0 Å². The lowest BCUT2D eigenvalue weighted by molar-refractivity contribution is -0.124. The lowest BCUT2D eigenvalue weighted by Crippen LogP contribution is -2.34. The van der Waals surface area contributed by atoms with E-state index in [2.05, 4.69) is 41.5 Å². The first-order valence-electron chi connectivity index (χ1n) is 5.63. The number of ether oxygens (including phenoxy) is 1. The first-order valence-corrected chi connectivity index (χ1v) is 5.63. The van der Waals surface area contributed by atoms with Gasteiger partial charge in [-0.25, -0.2) is 0 Å². The second kappa shape index (κ2) is 5.11. The molecule has 2 heteroatoms. The number of ketones is 1. The van der Waals surface area contributed by atoms with Crippen LogP contribution in [-0.2, 0) is 9.53 Å². The minimum atomic E-state index is 0.0224. The maximum absolute atomic E-state index is 11.1. The monoisotopic (exact) mass is 214 g/mol. The molecule has 0 radical (unpaired) electrons. The Morgan fingerprint density at radius 2 is 1.60 bits per heavy atom. The molecule has 0 bridgehead atoms. The van der Waals surface area contributed by atoms with Crippen molar-refractivity contribution in [3.63, 3.8) is 0 Å². The highest BCUT2D eigenvalue weighted by molar-refractivity contribution is 5.76. The molecule has 0 amide bonds. The number of hydrogen-bond acceptors (Lipinski definition) is 2. The van der Waals surface area contributed by atoms with E-state index in [0.29, 0.717) is 13.0 Å². The topological polar surface area (TPSA) is 26.3 Å². The average Bonchev–Trinajstić information content (AvgIpc) is 1.93. The average molecular weight is 214 g/mol. The summed E-state index contributed by atoms with van der Waals surface area (Å²) in [5.41, 5.74) is 0.178. The third kappa shape index (κ3) is 7.55. The molecule has 15 heavy (non-hydrogen) atoms. The molecule has 1 atom stereocenters. The molecule has 0 saturated carbocycles. The van der Waals surface area contributed by atoms with Crippen LogP contribution in [-0.4, -0.2) is 18.5 Å². The summed E-state index contributed by atoms with van der Waals surface area (Å²) >= 11 is 0. The quantitative estimate of drug-likeness (QED) is 0.716. The highest BCUT2D eigenvalue weighted by Crippen LogP contribution is 2.27. The summed E-state index contributed by atoms with van der Waals surface area (Å²) in [7, 11) is 0. The molecular formula is C13H26O2. The van der Waals surface area contributed by atoms with Gasteiger partial charge in [0.2, 0.25) is 0 Å². The smallest absolute Gasteiger partial charge is 0.132 e.